The Bertz CT molecular complexity index is 506. The number of sulfonamides is 1. The molecule has 0 fully saturated rings. The molecule has 1 aromatic rings. The Balaban J connectivity index is 2.19. The highest BCUT2D eigenvalue weighted by Crippen LogP contribution is 2.11. The summed E-state index contributed by atoms with van der Waals surface area (Å²) >= 11 is 0. The maximum absolute atomic E-state index is 13.4. The van der Waals surface area contributed by atoms with Crippen LogP contribution in [-0.2, 0) is 10.0 Å². The first-order valence-corrected chi connectivity index (χ1v) is 9.16. The van der Waals surface area contributed by atoms with Crippen LogP contribution < -0.4 is 4.72 Å². The number of hydrogen-bond acceptors (Lipinski definition) is 3. The lowest BCUT2D eigenvalue weighted by atomic mass is 10.1. The third kappa shape index (κ3) is 7.00. The lowest BCUT2D eigenvalue weighted by Gasteiger charge is -2.06. The van der Waals surface area contributed by atoms with Gasteiger partial charge in [-0.3, -0.25) is 0 Å². The summed E-state index contributed by atoms with van der Waals surface area (Å²) in [5.74, 6) is -0.819. The average molecular weight is 316 g/mol. The van der Waals surface area contributed by atoms with Gasteiger partial charge in [0.25, 0.3) is 10.0 Å². The molecule has 1 rings (SSSR count). The van der Waals surface area contributed by atoms with E-state index in [-0.39, 0.29) is 0 Å². The molecular weight excluding hydrogens is 291 g/mol. The largest absolute Gasteiger partial charge is 0.261 e. The van der Waals surface area contributed by atoms with Gasteiger partial charge in [0.05, 0.1) is 0 Å². The number of halogens is 1. The van der Waals surface area contributed by atoms with E-state index in [0.717, 1.165) is 25.3 Å². The Hall–Kier alpha value is -1.01. The molecule has 1 aromatic heterocycles. The van der Waals surface area contributed by atoms with Crippen LogP contribution in [0.15, 0.2) is 23.4 Å². The molecule has 0 atom stereocenters. The Morgan fingerprint density at radius 2 is 1.71 bits per heavy atom. The van der Waals surface area contributed by atoms with Crippen LogP contribution in [0.4, 0.5) is 4.39 Å². The maximum atomic E-state index is 13.4. The number of hydrogen-bond donors (Lipinski definition) is 1. The number of nitrogens with one attached hydrogen (secondary N) is 1. The standard InChI is InChI=1S/C15H25FN2O2S/c1-2-3-4-5-6-7-8-9-13-18-21(19,20)15-14(16)11-10-12-17-15/h10-12,18H,2-9,13H2,1H3. The van der Waals surface area contributed by atoms with Crippen LogP contribution in [0.1, 0.15) is 58.3 Å². The topological polar surface area (TPSA) is 59.1 Å². The van der Waals surface area contributed by atoms with Crippen molar-refractivity contribution in [2.75, 3.05) is 6.54 Å². The minimum atomic E-state index is -3.83. The molecule has 0 amide bonds. The zero-order chi connectivity index (χ0) is 15.6. The molecule has 0 aliphatic heterocycles. The third-order valence-electron chi connectivity index (χ3n) is 3.30. The van der Waals surface area contributed by atoms with E-state index in [0.29, 0.717) is 6.54 Å². The molecule has 1 N–H and O–H groups in total. The average Bonchev–Trinajstić information content (AvgIpc) is 2.46. The lowest BCUT2D eigenvalue weighted by Crippen LogP contribution is -2.26. The molecule has 0 aliphatic carbocycles. The highest BCUT2D eigenvalue weighted by atomic mass is 32.2. The van der Waals surface area contributed by atoms with Crippen LogP contribution in [0, 0.1) is 5.82 Å². The van der Waals surface area contributed by atoms with Gasteiger partial charge in [0.15, 0.2) is 5.82 Å². The van der Waals surface area contributed by atoms with Crippen molar-refractivity contribution in [1.29, 1.82) is 0 Å². The zero-order valence-electron chi connectivity index (χ0n) is 12.6. The second-order valence-corrected chi connectivity index (χ2v) is 6.85. The van der Waals surface area contributed by atoms with Gasteiger partial charge in [0, 0.05) is 12.7 Å². The van der Waals surface area contributed by atoms with Gasteiger partial charge in [0.1, 0.15) is 0 Å². The fraction of sp³-hybridized carbons (Fsp3) is 0.667. The van der Waals surface area contributed by atoms with Gasteiger partial charge in [-0.1, -0.05) is 51.9 Å². The van der Waals surface area contributed by atoms with Gasteiger partial charge in [-0.25, -0.2) is 22.5 Å². The minimum Gasteiger partial charge on any atom is -0.241 e. The normalized spacial score (nSPS) is 11.7. The molecular formula is C15H25FN2O2S. The van der Waals surface area contributed by atoms with Crippen LogP contribution in [0.2, 0.25) is 0 Å². The van der Waals surface area contributed by atoms with Gasteiger partial charge in [0.2, 0.25) is 5.03 Å². The second kappa shape index (κ2) is 9.84. The quantitative estimate of drug-likeness (QED) is 0.634. The molecule has 0 aliphatic rings. The van der Waals surface area contributed by atoms with Crippen LogP contribution in [0.5, 0.6) is 0 Å². The van der Waals surface area contributed by atoms with Crippen molar-refractivity contribution >= 4 is 10.0 Å². The van der Waals surface area contributed by atoms with Crippen molar-refractivity contribution in [2.24, 2.45) is 0 Å². The first kappa shape index (κ1) is 18.0. The zero-order valence-corrected chi connectivity index (χ0v) is 13.5. The SMILES string of the molecule is CCCCCCCCCCNS(=O)(=O)c1ncccc1F. The molecule has 0 aromatic carbocycles. The predicted molar refractivity (Wildman–Crippen MR) is 82.0 cm³/mol. The van der Waals surface area contributed by atoms with Gasteiger partial charge in [-0.05, 0) is 18.6 Å². The molecule has 0 bridgehead atoms. The summed E-state index contributed by atoms with van der Waals surface area (Å²) in [5, 5.41) is -0.524. The molecule has 0 saturated heterocycles. The first-order chi connectivity index (χ1) is 10.1. The van der Waals surface area contributed by atoms with Crippen molar-refractivity contribution in [2.45, 2.75) is 63.3 Å². The maximum Gasteiger partial charge on any atom is 0.261 e. The van der Waals surface area contributed by atoms with Crippen molar-refractivity contribution in [3.8, 4) is 0 Å². The molecule has 0 saturated carbocycles. The summed E-state index contributed by atoms with van der Waals surface area (Å²) in [4.78, 5) is 3.58. The summed E-state index contributed by atoms with van der Waals surface area (Å²) in [6, 6.07) is 2.46. The third-order valence-corrected chi connectivity index (χ3v) is 4.70. The van der Waals surface area contributed by atoms with E-state index in [9.17, 15) is 12.8 Å². The molecule has 0 spiro atoms. The molecule has 4 nitrogen and oxygen atoms in total. The molecule has 0 unspecified atom stereocenters. The van der Waals surface area contributed by atoms with Crippen molar-refractivity contribution in [1.82, 2.24) is 9.71 Å². The Labute approximate surface area is 127 Å². The summed E-state index contributed by atoms with van der Waals surface area (Å²) in [6.07, 6.45) is 10.4. The van der Waals surface area contributed by atoms with Gasteiger partial charge in [-0.15, -0.1) is 0 Å². The molecule has 6 heteroatoms. The highest BCUT2D eigenvalue weighted by molar-refractivity contribution is 7.89. The van der Waals surface area contributed by atoms with E-state index in [4.69, 9.17) is 0 Å². The number of nitrogens with zero attached hydrogens (tertiary/aromatic N) is 1. The second-order valence-electron chi connectivity index (χ2n) is 5.16. The number of pyridine rings is 1. The van der Waals surface area contributed by atoms with Crippen molar-refractivity contribution in [3.63, 3.8) is 0 Å². The van der Waals surface area contributed by atoms with E-state index in [2.05, 4.69) is 16.6 Å². The van der Waals surface area contributed by atoms with E-state index < -0.39 is 20.9 Å². The van der Waals surface area contributed by atoms with Crippen LogP contribution in [0.3, 0.4) is 0 Å². The van der Waals surface area contributed by atoms with Crippen molar-refractivity contribution in [3.05, 3.63) is 24.1 Å². The Morgan fingerprint density at radius 1 is 1.10 bits per heavy atom. The van der Waals surface area contributed by atoms with Gasteiger partial charge in [-0.2, -0.15) is 0 Å². The fourth-order valence-corrected chi connectivity index (χ4v) is 3.18. The molecule has 21 heavy (non-hydrogen) atoms. The fourth-order valence-electron chi connectivity index (χ4n) is 2.10. The van der Waals surface area contributed by atoms with Gasteiger partial charge < -0.3 is 0 Å². The Morgan fingerprint density at radius 3 is 2.33 bits per heavy atom. The first-order valence-electron chi connectivity index (χ1n) is 7.68. The van der Waals surface area contributed by atoms with Crippen LogP contribution in [0.25, 0.3) is 0 Å². The lowest BCUT2D eigenvalue weighted by molar-refractivity contribution is 0.538. The summed E-state index contributed by atoms with van der Waals surface area (Å²) < 4.78 is 39.5. The van der Waals surface area contributed by atoms with Gasteiger partial charge >= 0.3 is 0 Å². The highest BCUT2D eigenvalue weighted by Gasteiger charge is 2.19. The smallest absolute Gasteiger partial charge is 0.241 e. The monoisotopic (exact) mass is 316 g/mol. The molecule has 1 heterocycles. The summed E-state index contributed by atoms with van der Waals surface area (Å²) in [7, 11) is -3.83. The van der Waals surface area contributed by atoms with Crippen LogP contribution >= 0.6 is 0 Å². The van der Waals surface area contributed by atoms with Crippen LogP contribution in [-0.4, -0.2) is 19.9 Å². The van der Waals surface area contributed by atoms with E-state index in [1.165, 1.54) is 44.4 Å². The number of unbranched alkanes of at least 4 members (excludes halogenated alkanes) is 7. The number of aromatic nitrogens is 1. The van der Waals surface area contributed by atoms with E-state index in [1.807, 2.05) is 0 Å². The summed E-state index contributed by atoms with van der Waals surface area (Å²) in [5.41, 5.74) is 0. The molecule has 0 radical (unpaired) electrons. The van der Waals surface area contributed by atoms with E-state index in [1.54, 1.807) is 0 Å². The Kier molecular flexibility index (Phi) is 8.45. The number of rotatable bonds is 11. The summed E-state index contributed by atoms with van der Waals surface area (Å²) in [6.45, 7) is 2.52. The predicted octanol–water partition coefficient (Wildman–Crippen LogP) is 3.64. The van der Waals surface area contributed by atoms with Crippen molar-refractivity contribution < 1.29 is 12.8 Å². The minimum absolute atomic E-state index is 0.327. The van der Waals surface area contributed by atoms with E-state index >= 15 is 0 Å². The molecule has 120 valence electrons.